The van der Waals surface area contributed by atoms with E-state index in [-0.39, 0.29) is 0 Å². The Morgan fingerprint density at radius 1 is 0.739 bits per heavy atom. The van der Waals surface area contributed by atoms with Crippen molar-refractivity contribution in [1.82, 2.24) is 0 Å². The molecular formula is C19H13Cl2NS. The lowest BCUT2D eigenvalue weighted by molar-refractivity contribution is 1.40. The highest BCUT2D eigenvalue weighted by Crippen LogP contribution is 2.28. The molecule has 0 aliphatic carbocycles. The third kappa shape index (κ3) is 4.87. The smallest absolute Gasteiger partial charge is 0.0644 e. The third-order valence-electron chi connectivity index (χ3n) is 3.10. The maximum Gasteiger partial charge on any atom is 0.0644 e. The van der Waals surface area contributed by atoms with E-state index in [4.69, 9.17) is 23.2 Å². The minimum Gasteiger partial charge on any atom is -0.256 e. The molecule has 0 N–H and O–H groups in total. The number of nitrogens with zero attached hydrogens (tertiary/aromatic N) is 1. The molecule has 0 aliphatic rings. The number of aliphatic imine (C=N–C) groups is 1. The summed E-state index contributed by atoms with van der Waals surface area (Å²) in [5.74, 6) is 0. The van der Waals surface area contributed by atoms with Crippen molar-refractivity contribution in [2.45, 2.75) is 9.79 Å². The Morgan fingerprint density at radius 3 is 2.04 bits per heavy atom. The lowest BCUT2D eigenvalue weighted by atomic mass is 10.2. The van der Waals surface area contributed by atoms with Gasteiger partial charge in [0.05, 0.1) is 5.69 Å². The quantitative estimate of drug-likeness (QED) is 0.462. The molecular weight excluding hydrogens is 345 g/mol. The number of benzene rings is 3. The summed E-state index contributed by atoms with van der Waals surface area (Å²) in [5, 5.41) is 1.44. The first kappa shape index (κ1) is 16.1. The van der Waals surface area contributed by atoms with Crippen molar-refractivity contribution in [3.63, 3.8) is 0 Å². The van der Waals surface area contributed by atoms with Crippen molar-refractivity contribution in [1.29, 1.82) is 0 Å². The van der Waals surface area contributed by atoms with Gasteiger partial charge in [0.2, 0.25) is 0 Å². The fourth-order valence-corrected chi connectivity index (χ4v) is 3.09. The molecule has 0 heterocycles. The van der Waals surface area contributed by atoms with Gasteiger partial charge in [-0.25, -0.2) is 0 Å². The number of rotatable bonds is 4. The van der Waals surface area contributed by atoms with Gasteiger partial charge in [-0.3, -0.25) is 4.99 Å². The Bertz CT molecular complexity index is 812. The lowest BCUT2D eigenvalue weighted by Crippen LogP contribution is -1.81. The highest BCUT2D eigenvalue weighted by atomic mass is 35.5. The van der Waals surface area contributed by atoms with Crippen molar-refractivity contribution in [3.8, 4) is 0 Å². The van der Waals surface area contributed by atoms with Crippen LogP contribution in [-0.4, -0.2) is 6.21 Å². The van der Waals surface area contributed by atoms with Crippen LogP contribution in [0.3, 0.4) is 0 Å². The molecule has 0 unspecified atom stereocenters. The van der Waals surface area contributed by atoms with Crippen LogP contribution in [0.1, 0.15) is 5.56 Å². The van der Waals surface area contributed by atoms with Crippen LogP contribution in [-0.2, 0) is 0 Å². The van der Waals surface area contributed by atoms with E-state index in [0.717, 1.165) is 21.2 Å². The van der Waals surface area contributed by atoms with Crippen LogP contribution in [0, 0.1) is 0 Å². The third-order valence-corrected chi connectivity index (χ3v) is 4.60. The average Bonchev–Trinajstić information content (AvgIpc) is 2.56. The maximum atomic E-state index is 5.95. The molecule has 0 bridgehead atoms. The monoisotopic (exact) mass is 357 g/mol. The van der Waals surface area contributed by atoms with E-state index in [0.29, 0.717) is 5.02 Å². The first-order valence-electron chi connectivity index (χ1n) is 7.02. The second-order valence-electron chi connectivity index (χ2n) is 4.86. The summed E-state index contributed by atoms with van der Waals surface area (Å²) in [6.07, 6.45) is 1.84. The van der Waals surface area contributed by atoms with Crippen molar-refractivity contribution in [2.75, 3.05) is 0 Å². The van der Waals surface area contributed by atoms with E-state index in [1.54, 1.807) is 11.8 Å². The molecule has 1 nitrogen and oxygen atoms in total. The summed E-state index contributed by atoms with van der Waals surface area (Å²) in [6.45, 7) is 0. The van der Waals surface area contributed by atoms with Crippen LogP contribution in [0.5, 0.6) is 0 Å². The Hall–Kier alpha value is -1.74. The highest BCUT2D eigenvalue weighted by molar-refractivity contribution is 7.99. The fraction of sp³-hybridized carbons (Fsp3) is 0. The molecule has 0 aromatic heterocycles. The highest BCUT2D eigenvalue weighted by Gasteiger charge is 1.98. The van der Waals surface area contributed by atoms with Crippen molar-refractivity contribution in [2.24, 2.45) is 4.99 Å². The van der Waals surface area contributed by atoms with E-state index >= 15 is 0 Å². The minimum absolute atomic E-state index is 0.689. The zero-order valence-corrected chi connectivity index (χ0v) is 14.4. The summed E-state index contributed by atoms with van der Waals surface area (Å²) in [7, 11) is 0. The van der Waals surface area contributed by atoms with E-state index in [9.17, 15) is 0 Å². The zero-order valence-electron chi connectivity index (χ0n) is 12.1. The molecule has 0 amide bonds. The topological polar surface area (TPSA) is 12.4 Å². The van der Waals surface area contributed by atoms with Gasteiger partial charge < -0.3 is 0 Å². The molecule has 114 valence electrons. The Morgan fingerprint density at radius 2 is 1.39 bits per heavy atom. The fourth-order valence-electron chi connectivity index (χ4n) is 1.97. The van der Waals surface area contributed by atoms with Gasteiger partial charge in [-0.05, 0) is 60.2 Å². The van der Waals surface area contributed by atoms with Crippen LogP contribution in [0.15, 0.2) is 87.6 Å². The first-order chi connectivity index (χ1) is 11.2. The van der Waals surface area contributed by atoms with Crippen molar-refractivity contribution >= 4 is 46.9 Å². The molecule has 0 fully saturated rings. The summed E-state index contributed by atoms with van der Waals surface area (Å²) in [5.41, 5.74) is 1.89. The van der Waals surface area contributed by atoms with E-state index in [1.165, 1.54) is 4.90 Å². The van der Waals surface area contributed by atoms with Gasteiger partial charge in [-0.2, -0.15) is 0 Å². The van der Waals surface area contributed by atoms with Crippen LogP contribution < -0.4 is 0 Å². The van der Waals surface area contributed by atoms with Crippen LogP contribution in [0.4, 0.5) is 5.69 Å². The molecule has 0 saturated heterocycles. The predicted octanol–water partition coefficient (Wildman–Crippen LogP) is 6.90. The van der Waals surface area contributed by atoms with Crippen LogP contribution >= 0.6 is 35.0 Å². The van der Waals surface area contributed by atoms with E-state index < -0.39 is 0 Å². The Balaban J connectivity index is 1.68. The van der Waals surface area contributed by atoms with Gasteiger partial charge in [0.25, 0.3) is 0 Å². The van der Waals surface area contributed by atoms with Crippen molar-refractivity contribution < 1.29 is 0 Å². The molecule has 3 aromatic carbocycles. The molecule has 0 saturated carbocycles. The molecule has 0 spiro atoms. The molecule has 0 aliphatic heterocycles. The SMILES string of the molecule is Clc1ccc(Sc2ccc(C=Nc3cccc(Cl)c3)cc2)cc1. The lowest BCUT2D eigenvalue weighted by Gasteiger charge is -2.02. The second kappa shape index (κ2) is 7.69. The normalized spacial score (nSPS) is 11.0. The molecule has 3 rings (SSSR count). The number of halogens is 2. The predicted molar refractivity (Wildman–Crippen MR) is 101 cm³/mol. The summed E-state index contributed by atoms with van der Waals surface area (Å²) in [4.78, 5) is 6.76. The largest absolute Gasteiger partial charge is 0.256 e. The van der Waals surface area contributed by atoms with Gasteiger partial charge in [0, 0.05) is 26.1 Å². The van der Waals surface area contributed by atoms with Crippen LogP contribution in [0.2, 0.25) is 10.0 Å². The number of hydrogen-bond acceptors (Lipinski definition) is 2. The van der Waals surface area contributed by atoms with Gasteiger partial charge >= 0.3 is 0 Å². The number of hydrogen-bond donors (Lipinski definition) is 0. The minimum atomic E-state index is 0.689. The Kier molecular flexibility index (Phi) is 5.39. The van der Waals surface area contributed by atoms with Crippen LogP contribution in [0.25, 0.3) is 0 Å². The summed E-state index contributed by atoms with van der Waals surface area (Å²) < 4.78 is 0. The second-order valence-corrected chi connectivity index (χ2v) is 6.88. The van der Waals surface area contributed by atoms with Gasteiger partial charge in [0.15, 0.2) is 0 Å². The molecule has 3 aromatic rings. The first-order valence-corrected chi connectivity index (χ1v) is 8.59. The Labute approximate surface area is 150 Å². The molecule has 4 heteroatoms. The average molecular weight is 358 g/mol. The summed E-state index contributed by atoms with van der Waals surface area (Å²) in [6, 6.07) is 23.6. The zero-order chi connectivity index (χ0) is 16.1. The van der Waals surface area contributed by atoms with Crippen molar-refractivity contribution in [3.05, 3.63) is 88.4 Å². The van der Waals surface area contributed by atoms with Gasteiger partial charge in [-0.15, -0.1) is 0 Å². The van der Waals surface area contributed by atoms with E-state index in [2.05, 4.69) is 17.1 Å². The molecule has 0 atom stereocenters. The van der Waals surface area contributed by atoms with Gasteiger partial charge in [-0.1, -0.05) is 53.2 Å². The molecule has 0 radical (unpaired) electrons. The van der Waals surface area contributed by atoms with E-state index in [1.807, 2.05) is 66.9 Å². The summed E-state index contributed by atoms with van der Waals surface area (Å²) >= 11 is 13.5. The maximum absolute atomic E-state index is 5.95. The standard InChI is InChI=1S/C19H13Cl2NS/c20-15-6-10-19(11-7-15)23-18-8-4-14(5-9-18)13-22-17-3-1-2-16(21)12-17/h1-13H. The van der Waals surface area contributed by atoms with Gasteiger partial charge in [0.1, 0.15) is 0 Å². The molecule has 23 heavy (non-hydrogen) atoms.